The van der Waals surface area contributed by atoms with Crippen LogP contribution in [0.5, 0.6) is 11.5 Å². The number of benzene rings is 3. The Balaban J connectivity index is 1.64. The average molecular weight is 409 g/mol. The molecular formula is C20H13BrN2O3. The van der Waals surface area contributed by atoms with Crippen LogP contribution < -0.4 is 15.4 Å². The number of hydrogen-bond donors (Lipinski definition) is 2. The third kappa shape index (κ3) is 3.07. The van der Waals surface area contributed by atoms with Crippen molar-refractivity contribution in [2.45, 2.75) is 0 Å². The molecule has 0 radical (unpaired) electrons. The Morgan fingerprint density at radius 3 is 2.58 bits per heavy atom. The highest BCUT2D eigenvalue weighted by Gasteiger charge is 2.21. The van der Waals surface area contributed by atoms with Crippen LogP contribution in [0.25, 0.3) is 0 Å². The fourth-order valence-electron chi connectivity index (χ4n) is 2.68. The van der Waals surface area contributed by atoms with Crippen LogP contribution in [0.15, 0.2) is 71.2 Å². The predicted octanol–water partition coefficient (Wildman–Crippen LogP) is 5.06. The van der Waals surface area contributed by atoms with Crippen molar-refractivity contribution in [2.24, 2.45) is 0 Å². The molecule has 0 aromatic heterocycles. The highest BCUT2D eigenvalue weighted by molar-refractivity contribution is 9.10. The zero-order valence-electron chi connectivity index (χ0n) is 13.5. The molecule has 0 saturated heterocycles. The molecule has 0 aliphatic carbocycles. The van der Waals surface area contributed by atoms with E-state index in [1.54, 1.807) is 48.5 Å². The molecule has 0 atom stereocenters. The van der Waals surface area contributed by atoms with E-state index in [-0.39, 0.29) is 11.8 Å². The van der Waals surface area contributed by atoms with Crippen molar-refractivity contribution in [3.63, 3.8) is 0 Å². The number of anilines is 2. The third-order valence-electron chi connectivity index (χ3n) is 3.96. The number of ether oxygens (including phenoxy) is 1. The van der Waals surface area contributed by atoms with Crippen molar-refractivity contribution < 1.29 is 14.3 Å². The van der Waals surface area contributed by atoms with Gasteiger partial charge in [0.1, 0.15) is 5.75 Å². The van der Waals surface area contributed by atoms with Crippen LogP contribution in [-0.4, -0.2) is 11.8 Å². The minimum Gasteiger partial charge on any atom is -0.454 e. The van der Waals surface area contributed by atoms with Crippen LogP contribution in [0.4, 0.5) is 11.4 Å². The van der Waals surface area contributed by atoms with E-state index < -0.39 is 0 Å². The van der Waals surface area contributed by atoms with Crippen LogP contribution in [0, 0.1) is 0 Å². The number of carbonyl (C=O) groups is 2. The fraction of sp³-hybridized carbons (Fsp3) is 0. The van der Waals surface area contributed by atoms with E-state index in [9.17, 15) is 9.59 Å². The van der Waals surface area contributed by atoms with E-state index in [1.807, 2.05) is 18.2 Å². The molecule has 6 heteroatoms. The van der Waals surface area contributed by atoms with Gasteiger partial charge in [0.05, 0.1) is 16.8 Å². The first-order chi connectivity index (χ1) is 12.6. The van der Waals surface area contributed by atoms with Crippen LogP contribution >= 0.6 is 15.9 Å². The number of carbonyl (C=O) groups excluding carboxylic acids is 2. The van der Waals surface area contributed by atoms with Gasteiger partial charge < -0.3 is 15.4 Å². The number of amides is 2. The van der Waals surface area contributed by atoms with Gasteiger partial charge in [-0.1, -0.05) is 24.3 Å². The quantitative estimate of drug-likeness (QED) is 0.622. The first-order valence-electron chi connectivity index (χ1n) is 7.90. The highest BCUT2D eigenvalue weighted by Crippen LogP contribution is 2.36. The Labute approximate surface area is 158 Å². The van der Waals surface area contributed by atoms with E-state index in [4.69, 9.17) is 4.74 Å². The molecule has 0 unspecified atom stereocenters. The van der Waals surface area contributed by atoms with E-state index in [2.05, 4.69) is 26.6 Å². The number of rotatable bonds is 2. The summed E-state index contributed by atoms with van der Waals surface area (Å²) < 4.78 is 6.53. The number of fused-ring (bicyclic) bond motifs is 2. The molecule has 2 N–H and O–H groups in total. The summed E-state index contributed by atoms with van der Waals surface area (Å²) in [6.07, 6.45) is 0. The zero-order chi connectivity index (χ0) is 18.1. The maximum Gasteiger partial charge on any atom is 0.259 e. The lowest BCUT2D eigenvalue weighted by Crippen LogP contribution is -2.14. The van der Waals surface area contributed by atoms with Crippen LogP contribution in [0.3, 0.4) is 0 Å². The van der Waals surface area contributed by atoms with Crippen molar-refractivity contribution in [1.29, 1.82) is 0 Å². The van der Waals surface area contributed by atoms with Gasteiger partial charge in [-0.15, -0.1) is 0 Å². The molecule has 4 rings (SSSR count). The molecule has 3 aromatic carbocycles. The lowest BCUT2D eigenvalue weighted by molar-refractivity contribution is 0.101. The summed E-state index contributed by atoms with van der Waals surface area (Å²) in [6.45, 7) is 0. The molecule has 0 saturated carbocycles. The van der Waals surface area contributed by atoms with E-state index in [0.717, 1.165) is 0 Å². The minimum absolute atomic E-state index is 0.268. The maximum atomic E-state index is 12.5. The summed E-state index contributed by atoms with van der Waals surface area (Å²) in [7, 11) is 0. The second-order valence-electron chi connectivity index (χ2n) is 5.70. The molecule has 5 nitrogen and oxygen atoms in total. The summed E-state index contributed by atoms with van der Waals surface area (Å²) in [6, 6.07) is 19.3. The Hall–Kier alpha value is -3.12. The number of para-hydroxylation sites is 2. The Morgan fingerprint density at radius 2 is 1.73 bits per heavy atom. The van der Waals surface area contributed by atoms with Gasteiger partial charge >= 0.3 is 0 Å². The molecule has 1 aliphatic heterocycles. The predicted molar refractivity (Wildman–Crippen MR) is 103 cm³/mol. The summed E-state index contributed by atoms with van der Waals surface area (Å²) in [5.74, 6) is 0.452. The van der Waals surface area contributed by atoms with Gasteiger partial charge in [-0.25, -0.2) is 0 Å². The Kier molecular flexibility index (Phi) is 4.18. The van der Waals surface area contributed by atoms with Crippen LogP contribution in [0.1, 0.15) is 20.7 Å². The molecule has 0 fully saturated rings. The summed E-state index contributed by atoms with van der Waals surface area (Å²) >= 11 is 3.36. The normalized spacial score (nSPS) is 12.1. The van der Waals surface area contributed by atoms with E-state index >= 15 is 0 Å². The van der Waals surface area contributed by atoms with Crippen molar-refractivity contribution in [3.8, 4) is 11.5 Å². The first-order valence-corrected chi connectivity index (χ1v) is 8.69. The smallest absolute Gasteiger partial charge is 0.259 e. The zero-order valence-corrected chi connectivity index (χ0v) is 15.0. The van der Waals surface area contributed by atoms with Crippen molar-refractivity contribution in [1.82, 2.24) is 0 Å². The Morgan fingerprint density at radius 1 is 0.962 bits per heavy atom. The SMILES string of the molecule is O=C(Nc1ccc2c(c1)C(=O)Nc1ccccc1O2)c1ccccc1Br. The monoisotopic (exact) mass is 408 g/mol. The molecular weight excluding hydrogens is 396 g/mol. The van der Waals surface area contributed by atoms with Gasteiger partial charge in [0, 0.05) is 10.2 Å². The van der Waals surface area contributed by atoms with Gasteiger partial charge in [0.15, 0.2) is 5.75 Å². The van der Waals surface area contributed by atoms with E-state index in [1.165, 1.54) is 0 Å². The van der Waals surface area contributed by atoms with Gasteiger partial charge in [-0.3, -0.25) is 9.59 Å². The summed E-state index contributed by atoms with van der Waals surface area (Å²) in [4.78, 5) is 25.0. The van der Waals surface area contributed by atoms with Crippen molar-refractivity contribution in [3.05, 3.63) is 82.3 Å². The second-order valence-corrected chi connectivity index (χ2v) is 6.55. The lowest BCUT2D eigenvalue weighted by Gasteiger charge is -2.10. The topological polar surface area (TPSA) is 67.4 Å². The van der Waals surface area contributed by atoms with Gasteiger partial charge in [0.25, 0.3) is 11.8 Å². The molecule has 128 valence electrons. The molecule has 1 aliphatic rings. The first kappa shape index (κ1) is 16.4. The van der Waals surface area contributed by atoms with Crippen molar-refractivity contribution in [2.75, 3.05) is 10.6 Å². The molecule has 2 amide bonds. The fourth-order valence-corrected chi connectivity index (χ4v) is 3.15. The van der Waals surface area contributed by atoms with Crippen molar-refractivity contribution >= 4 is 39.1 Å². The van der Waals surface area contributed by atoms with Gasteiger partial charge in [-0.2, -0.15) is 0 Å². The minimum atomic E-state index is -0.290. The maximum absolute atomic E-state index is 12.5. The number of halogens is 1. The summed E-state index contributed by atoms with van der Waals surface area (Å²) in [5, 5.41) is 5.62. The second kappa shape index (κ2) is 6.65. The van der Waals surface area contributed by atoms with E-state index in [0.29, 0.717) is 38.5 Å². The van der Waals surface area contributed by atoms with Crippen LogP contribution in [-0.2, 0) is 0 Å². The summed E-state index contributed by atoms with van der Waals surface area (Å²) in [5.41, 5.74) is 1.98. The average Bonchev–Trinajstić information content (AvgIpc) is 2.78. The molecule has 3 aromatic rings. The molecule has 1 heterocycles. The van der Waals surface area contributed by atoms with Gasteiger partial charge in [-0.05, 0) is 58.4 Å². The largest absolute Gasteiger partial charge is 0.454 e. The molecule has 0 bridgehead atoms. The lowest BCUT2D eigenvalue weighted by atomic mass is 10.1. The Bertz CT molecular complexity index is 1030. The number of hydrogen-bond acceptors (Lipinski definition) is 3. The molecule has 0 spiro atoms. The standard InChI is InChI=1S/C20H13BrN2O3/c21-15-6-2-1-5-13(15)19(24)22-12-9-10-17-14(11-12)20(25)23-16-7-3-4-8-18(16)26-17/h1-11H,(H,22,24)(H,23,25). The highest BCUT2D eigenvalue weighted by atomic mass is 79.9. The van der Waals surface area contributed by atoms with Gasteiger partial charge in [0.2, 0.25) is 0 Å². The third-order valence-corrected chi connectivity index (χ3v) is 4.65. The molecule has 26 heavy (non-hydrogen) atoms. The van der Waals surface area contributed by atoms with Crippen LogP contribution in [0.2, 0.25) is 0 Å². The number of nitrogens with one attached hydrogen (secondary N) is 2.